The number of aromatic nitrogens is 1. The van der Waals surface area contributed by atoms with Crippen LogP contribution in [0.25, 0.3) is 0 Å². The number of hydrazine groups is 1. The minimum absolute atomic E-state index is 0.0470. The third-order valence-electron chi connectivity index (χ3n) is 6.88. The van der Waals surface area contributed by atoms with Crippen LogP contribution in [0.5, 0.6) is 11.5 Å². The summed E-state index contributed by atoms with van der Waals surface area (Å²) in [5.74, 6) is 2.57. The van der Waals surface area contributed by atoms with Crippen molar-refractivity contribution in [1.29, 1.82) is 0 Å². The standard InChI is InChI=1S/C32H43N7O2/c1-32(2,3)29(33)20-31(36-22-9-8-10-23(19-22)40-18-17-39(4)5)38-37-27-14-15-28(26-12-7-6-11-25(26)27)41-24-13-16-30(34)35-21-24/h6-13,16,19-21,27-28,37H,14-15,17-18,33H2,1-5H3,(H2,34,35)(H,36,38)/b29-20-/t27-,28+/m0/s1. The summed E-state index contributed by atoms with van der Waals surface area (Å²) in [5.41, 5.74) is 22.7. The number of hydrogen-bond acceptors (Lipinski definition) is 8. The second-order valence-electron chi connectivity index (χ2n) is 11.5. The van der Waals surface area contributed by atoms with E-state index in [4.69, 9.17) is 25.9 Å². The lowest BCUT2D eigenvalue weighted by Gasteiger charge is -2.32. The first kappa shape index (κ1) is 29.9. The van der Waals surface area contributed by atoms with Crippen LogP contribution in [-0.4, -0.2) is 43.0 Å². The maximum absolute atomic E-state index is 6.47. The summed E-state index contributed by atoms with van der Waals surface area (Å²) in [5, 5.41) is 0. The molecule has 0 aliphatic heterocycles. The Kier molecular flexibility index (Phi) is 9.86. The topological polar surface area (TPSA) is 123 Å². The molecule has 1 aliphatic rings. The number of pyridine rings is 1. The average Bonchev–Trinajstić information content (AvgIpc) is 2.93. The molecule has 41 heavy (non-hydrogen) atoms. The third-order valence-corrected chi connectivity index (χ3v) is 6.88. The first-order valence-electron chi connectivity index (χ1n) is 14.0. The second kappa shape index (κ2) is 13.5. The fraction of sp³-hybridized carbons (Fsp3) is 0.375. The predicted octanol–water partition coefficient (Wildman–Crippen LogP) is 5.27. The second-order valence-corrected chi connectivity index (χ2v) is 11.5. The summed E-state index contributed by atoms with van der Waals surface area (Å²) in [6.45, 7) is 7.68. The quantitative estimate of drug-likeness (QED) is 0.151. The van der Waals surface area contributed by atoms with Gasteiger partial charge in [0.1, 0.15) is 35.9 Å². The molecule has 6 N–H and O–H groups in total. The van der Waals surface area contributed by atoms with Gasteiger partial charge in [0, 0.05) is 29.8 Å². The predicted molar refractivity (Wildman–Crippen MR) is 166 cm³/mol. The van der Waals surface area contributed by atoms with Gasteiger partial charge in [-0.3, -0.25) is 0 Å². The zero-order valence-electron chi connectivity index (χ0n) is 24.7. The molecule has 0 unspecified atom stereocenters. The molecular formula is C32H43N7O2. The summed E-state index contributed by atoms with van der Waals surface area (Å²) >= 11 is 0. The lowest BCUT2D eigenvalue weighted by molar-refractivity contribution is 0.170. The molecule has 1 heterocycles. The highest BCUT2D eigenvalue weighted by atomic mass is 16.5. The molecule has 0 saturated carbocycles. The van der Waals surface area contributed by atoms with Crippen molar-refractivity contribution in [2.45, 2.75) is 45.8 Å². The normalized spacial score (nSPS) is 17.7. The lowest BCUT2D eigenvalue weighted by Crippen LogP contribution is -2.41. The number of allylic oxidation sites excluding steroid dienone is 1. The zero-order valence-corrected chi connectivity index (χ0v) is 24.7. The van der Waals surface area contributed by atoms with E-state index >= 15 is 0 Å². The Balaban J connectivity index is 1.53. The smallest absolute Gasteiger partial charge is 0.142 e. The van der Waals surface area contributed by atoms with Crippen LogP contribution in [0.1, 0.15) is 56.9 Å². The molecule has 9 nitrogen and oxygen atoms in total. The van der Waals surface area contributed by atoms with Gasteiger partial charge in [-0.1, -0.05) is 51.1 Å². The molecule has 0 bridgehead atoms. The maximum atomic E-state index is 6.47. The first-order chi connectivity index (χ1) is 19.6. The highest BCUT2D eigenvalue weighted by Gasteiger charge is 2.28. The van der Waals surface area contributed by atoms with Crippen LogP contribution in [0.15, 0.2) is 83.6 Å². The van der Waals surface area contributed by atoms with Gasteiger partial charge < -0.3 is 31.3 Å². The lowest BCUT2D eigenvalue weighted by atomic mass is 9.86. The molecule has 0 fully saturated rings. The Labute approximate surface area is 243 Å². The number of nitrogens with one attached hydrogen (secondary N) is 2. The monoisotopic (exact) mass is 557 g/mol. The zero-order chi connectivity index (χ0) is 29.4. The third kappa shape index (κ3) is 8.70. The fourth-order valence-corrected chi connectivity index (χ4v) is 4.40. The number of nitrogens with zero attached hydrogens (tertiary/aromatic N) is 3. The molecule has 3 aromatic rings. The average molecular weight is 558 g/mol. The Morgan fingerprint density at radius 1 is 1.05 bits per heavy atom. The summed E-state index contributed by atoms with van der Waals surface area (Å²) in [7, 11) is 4.05. The van der Waals surface area contributed by atoms with Crippen LogP contribution >= 0.6 is 0 Å². The van der Waals surface area contributed by atoms with E-state index in [0.29, 0.717) is 24.0 Å². The molecule has 1 aliphatic carbocycles. The molecule has 0 amide bonds. The van der Waals surface area contributed by atoms with E-state index in [-0.39, 0.29) is 17.6 Å². The molecule has 0 radical (unpaired) electrons. The Morgan fingerprint density at radius 2 is 1.83 bits per heavy atom. The number of nitrogens with two attached hydrogens (primary N) is 2. The van der Waals surface area contributed by atoms with E-state index in [2.05, 4.69) is 59.7 Å². The fourth-order valence-electron chi connectivity index (χ4n) is 4.40. The van der Waals surface area contributed by atoms with E-state index in [0.717, 1.165) is 42.1 Å². The summed E-state index contributed by atoms with van der Waals surface area (Å²) in [6, 6.07) is 19.8. The molecule has 1 aromatic heterocycles. The number of likely N-dealkylation sites (N-methyl/N-ethyl adjacent to an activating group) is 1. The minimum atomic E-state index is -0.210. The van der Waals surface area contributed by atoms with E-state index < -0.39 is 0 Å². The van der Waals surface area contributed by atoms with Crippen LogP contribution in [0, 0.1) is 5.41 Å². The van der Waals surface area contributed by atoms with Crippen LogP contribution < -0.4 is 31.8 Å². The van der Waals surface area contributed by atoms with Crippen molar-refractivity contribution in [3.63, 3.8) is 0 Å². The summed E-state index contributed by atoms with van der Waals surface area (Å²) < 4.78 is 12.2. The Bertz CT molecular complexity index is 1350. The summed E-state index contributed by atoms with van der Waals surface area (Å²) in [6.07, 6.45) is 5.18. The van der Waals surface area contributed by atoms with Gasteiger partial charge in [0.15, 0.2) is 0 Å². The number of rotatable bonds is 10. The molecule has 4 rings (SSSR count). The van der Waals surface area contributed by atoms with Crippen molar-refractivity contribution in [2.24, 2.45) is 16.1 Å². The van der Waals surface area contributed by atoms with Gasteiger partial charge in [-0.15, -0.1) is 0 Å². The number of fused-ring (bicyclic) bond motifs is 1. The SMILES string of the molecule is CN(C)CCOc1cccc(N=C(/C=C(\N)C(C)(C)C)NN[C@H]2CC[C@@H](Oc3ccc(N)nc3)c3ccccc32)c1. The highest BCUT2D eigenvalue weighted by Crippen LogP contribution is 2.38. The number of ether oxygens (including phenoxy) is 2. The van der Waals surface area contributed by atoms with Crippen molar-refractivity contribution in [1.82, 2.24) is 20.7 Å². The van der Waals surface area contributed by atoms with Gasteiger partial charge in [-0.05, 0) is 62.3 Å². The van der Waals surface area contributed by atoms with Gasteiger partial charge in [0.25, 0.3) is 0 Å². The maximum Gasteiger partial charge on any atom is 0.142 e. The number of nitrogen functional groups attached to an aromatic ring is 1. The summed E-state index contributed by atoms with van der Waals surface area (Å²) in [4.78, 5) is 11.1. The van der Waals surface area contributed by atoms with Crippen LogP contribution in [0.4, 0.5) is 11.5 Å². The van der Waals surface area contributed by atoms with E-state index in [9.17, 15) is 0 Å². The van der Waals surface area contributed by atoms with Crippen molar-refractivity contribution in [3.05, 3.63) is 89.8 Å². The van der Waals surface area contributed by atoms with Gasteiger partial charge in [0.2, 0.25) is 0 Å². The number of hydrogen-bond donors (Lipinski definition) is 4. The molecule has 0 spiro atoms. The van der Waals surface area contributed by atoms with Crippen LogP contribution in [0.2, 0.25) is 0 Å². The Morgan fingerprint density at radius 3 is 2.54 bits per heavy atom. The van der Waals surface area contributed by atoms with Gasteiger partial charge in [0.05, 0.1) is 17.9 Å². The van der Waals surface area contributed by atoms with Crippen LogP contribution in [-0.2, 0) is 0 Å². The van der Waals surface area contributed by atoms with Crippen LogP contribution in [0.3, 0.4) is 0 Å². The van der Waals surface area contributed by atoms with Crippen molar-refractivity contribution >= 4 is 17.3 Å². The largest absolute Gasteiger partial charge is 0.492 e. The first-order valence-corrected chi connectivity index (χ1v) is 14.0. The number of aliphatic imine (C=N–C) groups is 1. The molecule has 9 heteroatoms. The van der Waals surface area contributed by atoms with Crippen molar-refractivity contribution < 1.29 is 9.47 Å². The van der Waals surface area contributed by atoms with Gasteiger partial charge in [-0.2, -0.15) is 0 Å². The molecular weight excluding hydrogens is 514 g/mol. The van der Waals surface area contributed by atoms with Gasteiger partial charge in [-0.25, -0.2) is 15.4 Å². The molecule has 2 atom stereocenters. The van der Waals surface area contributed by atoms with E-state index in [1.807, 2.05) is 56.6 Å². The van der Waals surface area contributed by atoms with Crippen molar-refractivity contribution in [3.8, 4) is 11.5 Å². The number of amidine groups is 1. The molecule has 0 saturated heterocycles. The molecule has 218 valence electrons. The van der Waals surface area contributed by atoms with E-state index in [1.165, 1.54) is 5.56 Å². The molecule has 2 aromatic carbocycles. The highest BCUT2D eigenvalue weighted by molar-refractivity contribution is 5.95. The number of benzene rings is 2. The van der Waals surface area contributed by atoms with Gasteiger partial charge >= 0.3 is 0 Å². The van der Waals surface area contributed by atoms with Crippen molar-refractivity contribution in [2.75, 3.05) is 33.0 Å². The minimum Gasteiger partial charge on any atom is -0.492 e. The Hall–Kier alpha value is -4.08. The number of anilines is 1. The van der Waals surface area contributed by atoms with E-state index in [1.54, 1.807) is 12.3 Å².